The van der Waals surface area contributed by atoms with E-state index in [0.717, 1.165) is 0 Å². The number of nitrogens with one attached hydrogen (secondary N) is 1. The van der Waals surface area contributed by atoms with Crippen LogP contribution in [0.15, 0.2) is 47.0 Å². The van der Waals surface area contributed by atoms with Crippen LogP contribution in [0.1, 0.15) is 18.0 Å². The van der Waals surface area contributed by atoms with E-state index in [1.807, 2.05) is 0 Å². The smallest absolute Gasteiger partial charge is 0.257 e. The summed E-state index contributed by atoms with van der Waals surface area (Å²) in [4.78, 5) is 37.2. The van der Waals surface area contributed by atoms with Crippen molar-refractivity contribution in [3.8, 4) is 5.82 Å². The Kier molecular flexibility index (Phi) is 4.25. The molecular weight excluding hydrogens is 354 g/mol. The maximum atomic E-state index is 12.4. The number of carbonyl (C=O) groups excluding carboxylic acids is 1. The van der Waals surface area contributed by atoms with Gasteiger partial charge in [0.15, 0.2) is 11.0 Å². The van der Waals surface area contributed by atoms with Crippen molar-refractivity contribution in [2.45, 2.75) is 24.5 Å². The van der Waals surface area contributed by atoms with E-state index >= 15 is 0 Å². The summed E-state index contributed by atoms with van der Waals surface area (Å²) in [7, 11) is 0. The Hall–Kier alpha value is -3.01. The molecule has 0 aromatic carbocycles. The molecule has 9 nitrogen and oxygen atoms in total. The van der Waals surface area contributed by atoms with Gasteiger partial charge in [0.05, 0.1) is 6.04 Å². The Bertz CT molecular complexity index is 1020. The molecule has 1 atom stereocenters. The maximum absolute atomic E-state index is 12.4. The molecule has 0 aliphatic carbocycles. The first-order valence-electron chi connectivity index (χ1n) is 7.94. The summed E-state index contributed by atoms with van der Waals surface area (Å²) in [5, 5.41) is 7.51. The molecule has 1 aliphatic rings. The molecule has 0 fully saturated rings. The number of carbonyl (C=O) groups is 1. The predicted molar refractivity (Wildman–Crippen MR) is 95.4 cm³/mol. The molecule has 1 amide bonds. The number of aryl methyl sites for hydroxylation is 1. The zero-order valence-corrected chi connectivity index (χ0v) is 14.7. The number of hydrogen-bond donors (Lipinski definition) is 1. The normalized spacial score (nSPS) is 15.7. The molecule has 1 aliphatic heterocycles. The molecule has 3 aromatic rings. The van der Waals surface area contributed by atoms with Gasteiger partial charge in [-0.05, 0) is 13.0 Å². The van der Waals surface area contributed by atoms with E-state index < -0.39 is 0 Å². The molecule has 132 valence electrons. The molecule has 0 bridgehead atoms. The third-order valence-electron chi connectivity index (χ3n) is 3.98. The molecule has 0 saturated carbocycles. The van der Waals surface area contributed by atoms with E-state index in [2.05, 4.69) is 25.4 Å². The molecule has 4 rings (SSSR count). The Morgan fingerprint density at radius 3 is 3.08 bits per heavy atom. The number of hydrogen-bond acceptors (Lipinski definition) is 7. The van der Waals surface area contributed by atoms with Crippen molar-refractivity contribution in [1.29, 1.82) is 0 Å². The van der Waals surface area contributed by atoms with Gasteiger partial charge in [-0.1, -0.05) is 11.8 Å². The average molecular weight is 369 g/mol. The second kappa shape index (κ2) is 6.71. The number of aromatic nitrogens is 6. The molecule has 0 spiro atoms. The number of amides is 1. The van der Waals surface area contributed by atoms with E-state index in [4.69, 9.17) is 0 Å². The number of thioether (sulfide) groups is 1. The van der Waals surface area contributed by atoms with Gasteiger partial charge in [0.2, 0.25) is 5.91 Å². The Morgan fingerprint density at radius 1 is 1.38 bits per heavy atom. The van der Waals surface area contributed by atoms with Gasteiger partial charge < -0.3 is 5.32 Å². The topological polar surface area (TPSA) is 108 Å². The van der Waals surface area contributed by atoms with Crippen LogP contribution in [-0.2, 0) is 4.79 Å². The van der Waals surface area contributed by atoms with E-state index in [1.54, 1.807) is 46.9 Å². The summed E-state index contributed by atoms with van der Waals surface area (Å²) in [6.07, 6.45) is 6.50. The first-order valence-corrected chi connectivity index (χ1v) is 8.93. The lowest BCUT2D eigenvalue weighted by Crippen LogP contribution is -2.28. The van der Waals surface area contributed by atoms with Gasteiger partial charge in [-0.2, -0.15) is 5.10 Å². The molecule has 0 saturated heterocycles. The minimum Gasteiger partial charge on any atom is -0.310 e. The SMILES string of the molecule is Cc1cnc2n(c1=O)C(CC(=O)Nc1cc(-n3cccn3)ncn1)CS2. The van der Waals surface area contributed by atoms with Crippen LogP contribution in [0.2, 0.25) is 0 Å². The Balaban J connectivity index is 1.49. The molecule has 1 N–H and O–H groups in total. The fraction of sp³-hybridized carbons (Fsp3) is 0.250. The standard InChI is InChI=1S/C16H15N7O2S/c1-10-7-17-16-23(15(10)25)11(8-26-16)5-14(24)21-12-6-13(19-9-18-12)22-4-2-3-20-22/h2-4,6-7,9,11H,5,8H2,1H3,(H,18,19,21,24). The number of nitrogens with zero attached hydrogens (tertiary/aromatic N) is 6. The van der Waals surface area contributed by atoms with E-state index in [0.29, 0.717) is 28.1 Å². The van der Waals surface area contributed by atoms with Crippen molar-refractivity contribution in [3.63, 3.8) is 0 Å². The highest BCUT2D eigenvalue weighted by Gasteiger charge is 2.27. The average Bonchev–Trinajstić information content (AvgIpc) is 3.29. The van der Waals surface area contributed by atoms with Gasteiger partial charge in [0, 0.05) is 42.4 Å². The van der Waals surface area contributed by atoms with Crippen LogP contribution in [0.25, 0.3) is 5.82 Å². The van der Waals surface area contributed by atoms with Crippen LogP contribution in [-0.4, -0.2) is 41.0 Å². The van der Waals surface area contributed by atoms with Crippen LogP contribution >= 0.6 is 11.8 Å². The van der Waals surface area contributed by atoms with Gasteiger partial charge in [-0.3, -0.25) is 14.2 Å². The highest BCUT2D eigenvalue weighted by atomic mass is 32.2. The van der Waals surface area contributed by atoms with Gasteiger partial charge in [-0.15, -0.1) is 0 Å². The summed E-state index contributed by atoms with van der Waals surface area (Å²) in [6.45, 7) is 1.72. The lowest BCUT2D eigenvalue weighted by Gasteiger charge is -2.13. The number of rotatable bonds is 4. The Morgan fingerprint density at radius 2 is 2.27 bits per heavy atom. The molecule has 10 heteroatoms. The van der Waals surface area contributed by atoms with Crippen molar-refractivity contribution in [3.05, 3.63) is 53.0 Å². The second-order valence-electron chi connectivity index (χ2n) is 5.83. The highest BCUT2D eigenvalue weighted by molar-refractivity contribution is 7.99. The van der Waals surface area contributed by atoms with Gasteiger partial charge in [0.1, 0.15) is 12.1 Å². The van der Waals surface area contributed by atoms with Gasteiger partial charge in [0.25, 0.3) is 5.56 Å². The van der Waals surface area contributed by atoms with Crippen molar-refractivity contribution in [2.75, 3.05) is 11.1 Å². The summed E-state index contributed by atoms with van der Waals surface area (Å²) >= 11 is 1.48. The fourth-order valence-electron chi connectivity index (χ4n) is 2.72. The van der Waals surface area contributed by atoms with Crippen molar-refractivity contribution in [2.24, 2.45) is 0 Å². The molecule has 0 radical (unpaired) electrons. The first kappa shape index (κ1) is 16.5. The summed E-state index contributed by atoms with van der Waals surface area (Å²) in [5.74, 6) is 1.36. The molecule has 4 heterocycles. The largest absolute Gasteiger partial charge is 0.310 e. The van der Waals surface area contributed by atoms with Gasteiger partial charge in [-0.25, -0.2) is 19.6 Å². The highest BCUT2D eigenvalue weighted by Crippen LogP contribution is 2.31. The third kappa shape index (κ3) is 3.10. The predicted octanol–water partition coefficient (Wildman–Crippen LogP) is 1.20. The van der Waals surface area contributed by atoms with Crippen molar-refractivity contribution >= 4 is 23.5 Å². The molecule has 1 unspecified atom stereocenters. The monoisotopic (exact) mass is 369 g/mol. The van der Waals surface area contributed by atoms with Crippen LogP contribution in [0, 0.1) is 6.92 Å². The minimum absolute atomic E-state index is 0.0965. The lowest BCUT2D eigenvalue weighted by atomic mass is 10.2. The zero-order valence-electron chi connectivity index (χ0n) is 13.9. The van der Waals surface area contributed by atoms with Crippen LogP contribution in [0.5, 0.6) is 0 Å². The van der Waals surface area contributed by atoms with Crippen LogP contribution < -0.4 is 10.9 Å². The summed E-state index contributed by atoms with van der Waals surface area (Å²) in [5.41, 5.74) is 0.474. The third-order valence-corrected chi connectivity index (χ3v) is 5.09. The molecule has 3 aromatic heterocycles. The van der Waals surface area contributed by atoms with Gasteiger partial charge >= 0.3 is 0 Å². The van der Waals surface area contributed by atoms with E-state index in [9.17, 15) is 9.59 Å². The maximum Gasteiger partial charge on any atom is 0.257 e. The number of fused-ring (bicyclic) bond motifs is 1. The summed E-state index contributed by atoms with van der Waals surface area (Å²) in [6, 6.07) is 3.20. The van der Waals surface area contributed by atoms with Crippen LogP contribution in [0.3, 0.4) is 0 Å². The first-order chi connectivity index (χ1) is 12.6. The molecular formula is C16H15N7O2S. The Labute approximate surface area is 152 Å². The fourth-order valence-corrected chi connectivity index (χ4v) is 3.83. The zero-order chi connectivity index (χ0) is 18.1. The van der Waals surface area contributed by atoms with E-state index in [1.165, 1.54) is 18.1 Å². The van der Waals surface area contributed by atoms with E-state index in [-0.39, 0.29) is 23.9 Å². The number of anilines is 1. The minimum atomic E-state index is -0.220. The van der Waals surface area contributed by atoms with Crippen LogP contribution in [0.4, 0.5) is 5.82 Å². The van der Waals surface area contributed by atoms with Crippen molar-refractivity contribution < 1.29 is 4.79 Å². The van der Waals surface area contributed by atoms with Crippen molar-refractivity contribution in [1.82, 2.24) is 29.3 Å². The quantitative estimate of drug-likeness (QED) is 0.689. The lowest BCUT2D eigenvalue weighted by molar-refractivity contribution is -0.116. The molecule has 26 heavy (non-hydrogen) atoms. The summed E-state index contributed by atoms with van der Waals surface area (Å²) < 4.78 is 3.18. The second-order valence-corrected chi connectivity index (χ2v) is 6.82.